The zero-order valence-electron chi connectivity index (χ0n) is 23.6. The standard InChI is InChI=1S/C32H52O2/c1-20(2)22-12-15-29(6)18-19-31(8)23(27(22)29)10-11-25-30(7)16-14-26(34-21(3)33)28(4,5)24(30)13-17-32(25,31)9/h22-27H,1,10-19H2,2-9H3/t22?,23?,24?,25?,26?,27?,29-,30+,31-,32-/m1/s1. The lowest BCUT2D eigenvalue weighted by Gasteiger charge is -2.73. The third-order valence-corrected chi connectivity index (χ3v) is 13.7. The number of allylic oxidation sites excluding steroid dienone is 1. The van der Waals surface area contributed by atoms with Crippen LogP contribution in [0.1, 0.15) is 120 Å². The van der Waals surface area contributed by atoms with Crippen LogP contribution in [0.4, 0.5) is 0 Å². The quantitative estimate of drug-likeness (QED) is 0.299. The molecule has 0 aromatic rings. The smallest absolute Gasteiger partial charge is 0.302 e. The molecule has 5 saturated carbocycles. The predicted molar refractivity (Wildman–Crippen MR) is 140 cm³/mol. The first-order valence-corrected chi connectivity index (χ1v) is 14.5. The van der Waals surface area contributed by atoms with Crippen molar-refractivity contribution in [2.45, 2.75) is 126 Å². The molecule has 0 N–H and O–H groups in total. The van der Waals surface area contributed by atoms with E-state index in [1.54, 1.807) is 6.92 Å². The Morgan fingerprint density at radius 1 is 0.765 bits per heavy atom. The highest BCUT2D eigenvalue weighted by Gasteiger charge is 2.70. The third kappa shape index (κ3) is 3.08. The summed E-state index contributed by atoms with van der Waals surface area (Å²) in [6, 6.07) is 0. The lowest BCUT2D eigenvalue weighted by Crippen LogP contribution is -2.66. The lowest BCUT2D eigenvalue weighted by atomic mass is 9.32. The zero-order chi connectivity index (χ0) is 24.9. The molecule has 192 valence electrons. The summed E-state index contributed by atoms with van der Waals surface area (Å²) in [6.07, 6.45) is 13.4. The molecule has 0 bridgehead atoms. The lowest BCUT2D eigenvalue weighted by molar-refractivity contribution is -0.248. The molecule has 0 aliphatic heterocycles. The summed E-state index contributed by atoms with van der Waals surface area (Å²) in [6.45, 7) is 23.9. The van der Waals surface area contributed by atoms with Crippen LogP contribution in [0.3, 0.4) is 0 Å². The van der Waals surface area contributed by atoms with Crippen molar-refractivity contribution in [2.24, 2.45) is 56.7 Å². The summed E-state index contributed by atoms with van der Waals surface area (Å²) in [4.78, 5) is 11.9. The highest BCUT2D eigenvalue weighted by Crippen LogP contribution is 2.77. The van der Waals surface area contributed by atoms with Gasteiger partial charge in [-0.25, -0.2) is 0 Å². The van der Waals surface area contributed by atoms with Crippen LogP contribution in [0.5, 0.6) is 0 Å². The summed E-state index contributed by atoms with van der Waals surface area (Å²) < 4.78 is 5.91. The normalized spacial score (nSPS) is 53.6. The van der Waals surface area contributed by atoms with Crippen LogP contribution >= 0.6 is 0 Å². The van der Waals surface area contributed by atoms with E-state index in [-0.39, 0.29) is 17.5 Å². The molecule has 10 atom stereocenters. The van der Waals surface area contributed by atoms with E-state index in [4.69, 9.17) is 4.74 Å². The summed E-state index contributed by atoms with van der Waals surface area (Å²) in [5.41, 5.74) is 3.23. The van der Waals surface area contributed by atoms with Gasteiger partial charge in [0, 0.05) is 12.3 Å². The van der Waals surface area contributed by atoms with Gasteiger partial charge in [0.2, 0.25) is 0 Å². The highest BCUT2D eigenvalue weighted by molar-refractivity contribution is 5.66. The first-order valence-electron chi connectivity index (χ1n) is 14.5. The van der Waals surface area contributed by atoms with Gasteiger partial charge in [-0.15, -0.1) is 0 Å². The molecule has 2 nitrogen and oxygen atoms in total. The summed E-state index contributed by atoms with van der Waals surface area (Å²) >= 11 is 0. The van der Waals surface area contributed by atoms with Crippen molar-refractivity contribution in [2.75, 3.05) is 0 Å². The minimum atomic E-state index is -0.107. The number of carbonyl (C=O) groups is 1. The van der Waals surface area contributed by atoms with E-state index in [9.17, 15) is 4.79 Å². The number of hydrogen-bond donors (Lipinski definition) is 0. The van der Waals surface area contributed by atoms with Gasteiger partial charge in [0.05, 0.1) is 0 Å². The number of hydrogen-bond acceptors (Lipinski definition) is 2. The van der Waals surface area contributed by atoms with Crippen LogP contribution in [-0.4, -0.2) is 12.1 Å². The number of fused-ring (bicyclic) bond motifs is 7. The van der Waals surface area contributed by atoms with Crippen LogP contribution in [0.25, 0.3) is 0 Å². The van der Waals surface area contributed by atoms with Crippen molar-refractivity contribution in [1.82, 2.24) is 0 Å². The third-order valence-electron chi connectivity index (χ3n) is 13.7. The molecule has 2 heteroatoms. The molecule has 34 heavy (non-hydrogen) atoms. The Bertz CT molecular complexity index is 872. The molecular weight excluding hydrogens is 416 g/mol. The second-order valence-corrected chi connectivity index (χ2v) is 15.3. The van der Waals surface area contributed by atoms with Crippen molar-refractivity contribution in [1.29, 1.82) is 0 Å². The molecule has 5 aliphatic carbocycles. The molecule has 5 aliphatic rings. The minimum Gasteiger partial charge on any atom is -0.462 e. The summed E-state index contributed by atoms with van der Waals surface area (Å²) in [5.74, 6) is 3.74. The minimum absolute atomic E-state index is 0.0550. The SMILES string of the molecule is C=C(C)C1CC[C@]2(C)CC[C@]3(C)C(CCC4[C@@]5(C)CCC(OC(C)=O)C(C)(C)C5CC[C@]43C)C12. The Balaban J connectivity index is 1.50. The maximum absolute atomic E-state index is 11.9. The molecule has 0 saturated heterocycles. The molecule has 0 heterocycles. The van der Waals surface area contributed by atoms with Gasteiger partial charge in [-0.3, -0.25) is 4.79 Å². The van der Waals surface area contributed by atoms with Crippen molar-refractivity contribution >= 4 is 5.97 Å². The van der Waals surface area contributed by atoms with Gasteiger partial charge in [-0.05, 0) is 122 Å². The molecule has 0 aromatic carbocycles. The Hall–Kier alpha value is -0.790. The number of ether oxygens (including phenoxy) is 1. The van der Waals surface area contributed by atoms with E-state index in [0.717, 1.165) is 30.1 Å². The van der Waals surface area contributed by atoms with Crippen LogP contribution in [-0.2, 0) is 9.53 Å². The monoisotopic (exact) mass is 468 g/mol. The first kappa shape index (κ1) is 24.9. The van der Waals surface area contributed by atoms with Crippen molar-refractivity contribution < 1.29 is 9.53 Å². The fraction of sp³-hybridized carbons (Fsp3) is 0.906. The van der Waals surface area contributed by atoms with E-state index in [2.05, 4.69) is 55.0 Å². The van der Waals surface area contributed by atoms with Gasteiger partial charge in [0.25, 0.3) is 0 Å². The molecule has 5 rings (SSSR count). The average Bonchev–Trinajstić information content (AvgIpc) is 3.08. The molecule has 0 aromatic heterocycles. The van der Waals surface area contributed by atoms with E-state index in [0.29, 0.717) is 27.6 Å². The highest BCUT2D eigenvalue weighted by atomic mass is 16.5. The van der Waals surface area contributed by atoms with E-state index < -0.39 is 0 Å². The fourth-order valence-electron chi connectivity index (χ4n) is 11.9. The van der Waals surface area contributed by atoms with Gasteiger partial charge in [-0.1, -0.05) is 53.7 Å². The average molecular weight is 469 g/mol. The second-order valence-electron chi connectivity index (χ2n) is 15.3. The van der Waals surface area contributed by atoms with Crippen molar-refractivity contribution in [3.05, 3.63) is 12.2 Å². The molecule has 0 radical (unpaired) electrons. The molecule has 0 amide bonds. The molecule has 0 spiro atoms. The topological polar surface area (TPSA) is 26.3 Å². The van der Waals surface area contributed by atoms with Gasteiger partial charge in [0.15, 0.2) is 0 Å². The Morgan fingerprint density at radius 3 is 2.12 bits per heavy atom. The number of rotatable bonds is 2. The van der Waals surface area contributed by atoms with Gasteiger partial charge < -0.3 is 4.74 Å². The van der Waals surface area contributed by atoms with Crippen LogP contribution in [0, 0.1) is 56.7 Å². The first-order chi connectivity index (χ1) is 15.7. The second kappa shape index (κ2) is 7.61. The van der Waals surface area contributed by atoms with Gasteiger partial charge >= 0.3 is 5.97 Å². The van der Waals surface area contributed by atoms with Gasteiger partial charge in [0.1, 0.15) is 6.10 Å². The number of esters is 1. The zero-order valence-corrected chi connectivity index (χ0v) is 23.6. The number of carbonyl (C=O) groups excluding carboxylic acids is 1. The van der Waals surface area contributed by atoms with Gasteiger partial charge in [-0.2, -0.15) is 0 Å². The summed E-state index contributed by atoms with van der Waals surface area (Å²) in [7, 11) is 0. The van der Waals surface area contributed by atoms with Crippen molar-refractivity contribution in [3.8, 4) is 0 Å². The van der Waals surface area contributed by atoms with E-state index >= 15 is 0 Å². The summed E-state index contributed by atoms with van der Waals surface area (Å²) in [5, 5.41) is 0. The maximum atomic E-state index is 11.9. The van der Waals surface area contributed by atoms with Crippen LogP contribution in [0.2, 0.25) is 0 Å². The Labute approximate surface area is 210 Å². The van der Waals surface area contributed by atoms with Crippen LogP contribution < -0.4 is 0 Å². The Morgan fingerprint density at radius 2 is 1.47 bits per heavy atom. The largest absolute Gasteiger partial charge is 0.462 e. The fourth-order valence-corrected chi connectivity index (χ4v) is 11.9. The Kier molecular flexibility index (Phi) is 5.57. The van der Waals surface area contributed by atoms with E-state index in [1.807, 2.05) is 0 Å². The predicted octanol–water partition coefficient (Wildman–Crippen LogP) is 8.60. The van der Waals surface area contributed by atoms with Crippen LogP contribution in [0.15, 0.2) is 12.2 Å². The van der Waals surface area contributed by atoms with E-state index in [1.165, 1.54) is 63.4 Å². The van der Waals surface area contributed by atoms with Crippen molar-refractivity contribution in [3.63, 3.8) is 0 Å². The molecular formula is C32H52O2. The molecule has 5 fully saturated rings. The molecule has 6 unspecified atom stereocenters. The maximum Gasteiger partial charge on any atom is 0.302 e.